The number of amides is 2. The summed E-state index contributed by atoms with van der Waals surface area (Å²) in [5, 5.41) is 10.7. The largest absolute Gasteiger partial charge is 0.494 e. The fourth-order valence-corrected chi connectivity index (χ4v) is 3.76. The molecule has 1 aliphatic rings. The van der Waals surface area contributed by atoms with Crippen LogP contribution < -0.4 is 16.1 Å². The van der Waals surface area contributed by atoms with E-state index >= 15 is 0 Å². The molecule has 4 rings (SSSR count). The van der Waals surface area contributed by atoms with Crippen molar-refractivity contribution in [3.05, 3.63) is 59.3 Å². The van der Waals surface area contributed by atoms with E-state index in [4.69, 9.17) is 9.31 Å². The third-order valence-electron chi connectivity index (χ3n) is 6.51. The van der Waals surface area contributed by atoms with Crippen LogP contribution in [-0.4, -0.2) is 47.0 Å². The number of carbonyl (C=O) groups is 2. The second kappa shape index (κ2) is 8.31. The molecule has 33 heavy (non-hydrogen) atoms. The van der Waals surface area contributed by atoms with E-state index in [1.54, 1.807) is 23.9 Å². The van der Waals surface area contributed by atoms with Gasteiger partial charge in [-0.15, -0.1) is 0 Å². The van der Waals surface area contributed by atoms with E-state index in [0.717, 1.165) is 21.9 Å². The van der Waals surface area contributed by atoms with E-state index in [9.17, 15) is 9.59 Å². The van der Waals surface area contributed by atoms with E-state index < -0.39 is 18.3 Å². The topological polar surface area (TPSA) is 94.5 Å². The first-order valence-corrected chi connectivity index (χ1v) is 10.9. The van der Waals surface area contributed by atoms with Gasteiger partial charge < -0.3 is 19.9 Å². The van der Waals surface area contributed by atoms with Crippen LogP contribution >= 0.6 is 0 Å². The maximum Gasteiger partial charge on any atom is 0.494 e. The Kier molecular flexibility index (Phi) is 5.80. The number of nitrogens with zero attached hydrogens (tertiary/aromatic N) is 2. The van der Waals surface area contributed by atoms with Gasteiger partial charge in [0.2, 0.25) is 0 Å². The SMILES string of the molecule is CNC(=O)c1ccc(CNC(=O)c2nn(C)c3ccc(B4OC(C)(C)C(C)(C)O4)cc23)cc1. The monoisotopic (exact) mass is 448 g/mol. The molecule has 0 radical (unpaired) electrons. The van der Waals surface area contributed by atoms with Crippen molar-refractivity contribution in [2.45, 2.75) is 45.4 Å². The molecule has 2 heterocycles. The fourth-order valence-electron chi connectivity index (χ4n) is 3.76. The molecular formula is C24H29BN4O4. The predicted octanol–water partition coefficient (Wildman–Crippen LogP) is 2.16. The highest BCUT2D eigenvalue weighted by Crippen LogP contribution is 2.36. The Morgan fingerprint density at radius 1 is 1.00 bits per heavy atom. The van der Waals surface area contributed by atoms with Gasteiger partial charge >= 0.3 is 7.12 Å². The van der Waals surface area contributed by atoms with Crippen molar-refractivity contribution in [3.63, 3.8) is 0 Å². The van der Waals surface area contributed by atoms with Gasteiger partial charge in [-0.2, -0.15) is 5.10 Å². The van der Waals surface area contributed by atoms with Crippen molar-refractivity contribution in [1.29, 1.82) is 0 Å². The molecule has 0 saturated carbocycles. The highest BCUT2D eigenvalue weighted by Gasteiger charge is 2.51. The minimum atomic E-state index is -0.519. The Balaban J connectivity index is 1.54. The number of benzene rings is 2. The fraction of sp³-hybridized carbons (Fsp3) is 0.375. The Labute approximate surface area is 193 Å². The molecule has 2 N–H and O–H groups in total. The van der Waals surface area contributed by atoms with Crippen LogP contribution in [0.4, 0.5) is 0 Å². The van der Waals surface area contributed by atoms with Crippen LogP contribution in [0.15, 0.2) is 42.5 Å². The average molecular weight is 448 g/mol. The highest BCUT2D eigenvalue weighted by molar-refractivity contribution is 6.62. The second-order valence-corrected chi connectivity index (χ2v) is 9.30. The van der Waals surface area contributed by atoms with Crippen LogP contribution in [0.1, 0.15) is 54.1 Å². The zero-order valence-electron chi connectivity index (χ0n) is 19.9. The summed E-state index contributed by atoms with van der Waals surface area (Å²) in [4.78, 5) is 24.7. The lowest BCUT2D eigenvalue weighted by molar-refractivity contribution is 0.00578. The summed E-state index contributed by atoms with van der Waals surface area (Å²) in [5.74, 6) is -0.426. The number of fused-ring (bicyclic) bond motifs is 1. The maximum absolute atomic E-state index is 13.0. The zero-order chi connectivity index (χ0) is 24.0. The molecule has 0 spiro atoms. The molecule has 8 nitrogen and oxygen atoms in total. The van der Waals surface area contributed by atoms with Crippen molar-refractivity contribution >= 4 is 35.3 Å². The van der Waals surface area contributed by atoms with Gasteiger partial charge in [-0.3, -0.25) is 14.3 Å². The quantitative estimate of drug-likeness (QED) is 0.584. The van der Waals surface area contributed by atoms with Crippen LogP contribution in [-0.2, 0) is 22.9 Å². The van der Waals surface area contributed by atoms with Gasteiger partial charge in [0.1, 0.15) is 0 Å². The zero-order valence-corrected chi connectivity index (χ0v) is 19.9. The van der Waals surface area contributed by atoms with Crippen molar-refractivity contribution in [3.8, 4) is 0 Å². The van der Waals surface area contributed by atoms with Gasteiger partial charge in [0, 0.05) is 31.6 Å². The minimum absolute atomic E-state index is 0.150. The van der Waals surface area contributed by atoms with Crippen LogP contribution in [0.5, 0.6) is 0 Å². The lowest BCUT2D eigenvalue weighted by Gasteiger charge is -2.32. The van der Waals surface area contributed by atoms with Crippen molar-refractivity contribution in [2.24, 2.45) is 7.05 Å². The van der Waals surface area contributed by atoms with Gasteiger partial charge in [-0.05, 0) is 56.9 Å². The minimum Gasteiger partial charge on any atom is -0.399 e. The summed E-state index contributed by atoms with van der Waals surface area (Å²) in [6.07, 6.45) is 0. The molecule has 2 aromatic carbocycles. The third kappa shape index (κ3) is 4.26. The lowest BCUT2D eigenvalue weighted by Crippen LogP contribution is -2.41. The summed E-state index contributed by atoms with van der Waals surface area (Å²) < 4.78 is 14.0. The Morgan fingerprint density at radius 2 is 1.64 bits per heavy atom. The van der Waals surface area contributed by atoms with Gasteiger partial charge in [0.15, 0.2) is 5.69 Å². The van der Waals surface area contributed by atoms with Gasteiger partial charge in [-0.1, -0.05) is 24.3 Å². The van der Waals surface area contributed by atoms with Crippen molar-refractivity contribution in [1.82, 2.24) is 20.4 Å². The maximum atomic E-state index is 13.0. The molecule has 0 aliphatic carbocycles. The van der Waals surface area contributed by atoms with E-state index in [2.05, 4.69) is 15.7 Å². The first-order valence-electron chi connectivity index (χ1n) is 10.9. The Bertz CT molecular complexity index is 1200. The number of hydrogen-bond acceptors (Lipinski definition) is 5. The number of aryl methyl sites for hydroxylation is 1. The number of carbonyl (C=O) groups excluding carboxylic acids is 2. The normalized spacial score (nSPS) is 16.7. The van der Waals surface area contributed by atoms with Crippen molar-refractivity contribution in [2.75, 3.05) is 7.05 Å². The van der Waals surface area contributed by atoms with Gasteiger partial charge in [0.05, 0.1) is 16.7 Å². The van der Waals surface area contributed by atoms with Crippen LogP contribution in [0, 0.1) is 0 Å². The molecule has 1 aromatic heterocycles. The Hall–Kier alpha value is -3.17. The summed E-state index contributed by atoms with van der Waals surface area (Å²) >= 11 is 0. The summed E-state index contributed by atoms with van der Waals surface area (Å²) in [5.41, 5.74) is 2.58. The number of aromatic nitrogens is 2. The smallest absolute Gasteiger partial charge is 0.399 e. The molecule has 9 heteroatoms. The molecule has 1 saturated heterocycles. The second-order valence-electron chi connectivity index (χ2n) is 9.30. The molecule has 0 unspecified atom stereocenters. The van der Waals surface area contributed by atoms with E-state index in [1.165, 1.54) is 0 Å². The highest BCUT2D eigenvalue weighted by atomic mass is 16.7. The first kappa shape index (κ1) is 23.0. The van der Waals surface area contributed by atoms with E-state index in [0.29, 0.717) is 17.8 Å². The third-order valence-corrected chi connectivity index (χ3v) is 6.51. The molecule has 0 bridgehead atoms. The molecule has 3 aromatic rings. The Morgan fingerprint density at radius 3 is 2.24 bits per heavy atom. The molecule has 1 fully saturated rings. The summed E-state index contributed by atoms with van der Waals surface area (Å²) in [6, 6.07) is 12.9. The van der Waals surface area contributed by atoms with E-state index in [-0.39, 0.29) is 11.8 Å². The van der Waals surface area contributed by atoms with Crippen LogP contribution in [0.2, 0.25) is 0 Å². The molecule has 1 aliphatic heterocycles. The van der Waals surface area contributed by atoms with Gasteiger partial charge in [-0.25, -0.2) is 0 Å². The molecule has 2 amide bonds. The number of hydrogen-bond donors (Lipinski definition) is 2. The standard InChI is InChI=1S/C24H29BN4O4/c1-23(2)24(3,4)33-25(32-23)17-11-12-19-18(13-17)20(28-29(19)6)22(31)27-14-15-7-9-16(10-8-15)21(30)26-5/h7-13H,14H2,1-6H3,(H,26,30)(H,27,31). The average Bonchev–Trinajstić information content (AvgIpc) is 3.23. The molecule has 172 valence electrons. The van der Waals surface area contributed by atoms with Crippen LogP contribution in [0.25, 0.3) is 10.9 Å². The number of nitrogens with one attached hydrogen (secondary N) is 2. The van der Waals surface area contributed by atoms with E-state index in [1.807, 2.05) is 65.1 Å². The summed E-state index contributed by atoms with van der Waals surface area (Å²) in [7, 11) is 2.88. The van der Waals surface area contributed by atoms with Crippen LogP contribution in [0.3, 0.4) is 0 Å². The molecular weight excluding hydrogens is 419 g/mol. The summed E-state index contributed by atoms with van der Waals surface area (Å²) in [6.45, 7) is 8.36. The first-order chi connectivity index (χ1) is 15.5. The number of rotatable bonds is 5. The predicted molar refractivity (Wildman–Crippen MR) is 127 cm³/mol. The lowest BCUT2D eigenvalue weighted by atomic mass is 9.78. The van der Waals surface area contributed by atoms with Gasteiger partial charge in [0.25, 0.3) is 11.8 Å². The van der Waals surface area contributed by atoms with Crippen molar-refractivity contribution < 1.29 is 18.9 Å². The molecule has 0 atom stereocenters.